The number of hydrogen-bond acceptors (Lipinski definition) is 1. The molecule has 0 spiro atoms. The quantitative estimate of drug-likeness (QED) is 0.471. The zero-order valence-electron chi connectivity index (χ0n) is 3.94. The molecule has 0 fully saturated rings. The molecule has 2 N–H and O–H groups in total. The second-order valence-corrected chi connectivity index (χ2v) is 1.21. The van der Waals surface area contributed by atoms with Crippen LogP contribution in [-0.2, 0) is 0 Å². The molecule has 0 heterocycles. The van der Waals surface area contributed by atoms with Crippen LogP contribution in [0.1, 0.15) is 6.92 Å². The average Bonchev–Trinajstić information content (AvgIpc) is 1.35. The fraction of sp³-hybridized carbons (Fsp3) is 0.200. The second-order valence-electron chi connectivity index (χ2n) is 1.21. The zero-order valence-corrected chi connectivity index (χ0v) is 3.94. The largest absolute Gasteiger partial charge is 0.405 e. The number of allylic oxidation sites excluding steroid dienone is 2. The van der Waals surface area contributed by atoms with Crippen LogP contribution in [0.15, 0.2) is 24.4 Å². The number of rotatable bonds is 1. The molecule has 1 heteroatoms. The predicted molar refractivity (Wildman–Crippen MR) is 28.1 cm³/mol. The van der Waals surface area contributed by atoms with Crippen molar-refractivity contribution >= 4 is 0 Å². The molecular weight excluding hydrogens is 74.1 g/mol. The SMILES string of the molecule is C=C(C)C=CN. The van der Waals surface area contributed by atoms with Crippen LogP contribution in [0.2, 0.25) is 0 Å². The van der Waals surface area contributed by atoms with Crippen LogP contribution in [0.3, 0.4) is 0 Å². The summed E-state index contributed by atoms with van der Waals surface area (Å²) >= 11 is 0. The first kappa shape index (κ1) is 5.28. The van der Waals surface area contributed by atoms with E-state index in [1.807, 2.05) is 6.92 Å². The van der Waals surface area contributed by atoms with Gasteiger partial charge in [-0.1, -0.05) is 12.2 Å². The summed E-state index contributed by atoms with van der Waals surface area (Å²) in [5, 5.41) is 0. The fourth-order valence-electron chi connectivity index (χ4n) is 0.164. The standard InChI is InChI=1S/C5H9N/c1-5(2)3-4-6/h3-4H,1,6H2,2H3. The molecule has 0 radical (unpaired) electrons. The summed E-state index contributed by atoms with van der Waals surface area (Å²) in [4.78, 5) is 0. The Hall–Kier alpha value is -0.720. The predicted octanol–water partition coefficient (Wildman–Crippen LogP) is 1.03. The summed E-state index contributed by atoms with van der Waals surface area (Å²) in [5.41, 5.74) is 5.97. The summed E-state index contributed by atoms with van der Waals surface area (Å²) in [6.07, 6.45) is 3.22. The highest BCUT2D eigenvalue weighted by Crippen LogP contribution is 1.83. The van der Waals surface area contributed by atoms with Crippen LogP contribution in [0.25, 0.3) is 0 Å². The van der Waals surface area contributed by atoms with Crippen molar-refractivity contribution in [2.45, 2.75) is 6.92 Å². The van der Waals surface area contributed by atoms with Gasteiger partial charge in [0.1, 0.15) is 0 Å². The molecule has 0 aromatic carbocycles. The van der Waals surface area contributed by atoms with E-state index in [0.29, 0.717) is 0 Å². The van der Waals surface area contributed by atoms with Gasteiger partial charge in [-0.05, 0) is 19.2 Å². The third-order valence-corrected chi connectivity index (χ3v) is 0.381. The van der Waals surface area contributed by atoms with Gasteiger partial charge < -0.3 is 5.73 Å². The van der Waals surface area contributed by atoms with Crippen LogP contribution in [0, 0.1) is 0 Å². The molecule has 0 saturated heterocycles. The van der Waals surface area contributed by atoms with Gasteiger partial charge in [0, 0.05) is 0 Å². The lowest BCUT2D eigenvalue weighted by molar-refractivity contribution is 1.50. The first-order valence-corrected chi connectivity index (χ1v) is 1.81. The van der Waals surface area contributed by atoms with E-state index >= 15 is 0 Å². The maximum atomic E-state index is 4.99. The molecule has 0 bridgehead atoms. The lowest BCUT2D eigenvalue weighted by Crippen LogP contribution is -1.74. The van der Waals surface area contributed by atoms with Crippen LogP contribution >= 0.6 is 0 Å². The smallest absolute Gasteiger partial charge is 0.00599 e. The summed E-state index contributed by atoms with van der Waals surface area (Å²) < 4.78 is 0. The van der Waals surface area contributed by atoms with Gasteiger partial charge in [0.15, 0.2) is 0 Å². The Bertz CT molecular complexity index is 72.0. The molecule has 0 atom stereocenters. The minimum Gasteiger partial charge on any atom is -0.405 e. The van der Waals surface area contributed by atoms with Crippen molar-refractivity contribution in [3.05, 3.63) is 24.4 Å². The molecule has 0 rings (SSSR count). The number of nitrogens with two attached hydrogens (primary N) is 1. The Morgan fingerprint density at radius 1 is 1.83 bits per heavy atom. The highest BCUT2D eigenvalue weighted by molar-refractivity contribution is 5.08. The van der Waals surface area contributed by atoms with Crippen molar-refractivity contribution in [2.24, 2.45) is 5.73 Å². The third-order valence-electron chi connectivity index (χ3n) is 0.381. The topological polar surface area (TPSA) is 26.0 Å². The highest BCUT2D eigenvalue weighted by Gasteiger charge is 1.64. The van der Waals surface area contributed by atoms with Crippen LogP contribution in [0.5, 0.6) is 0 Å². The van der Waals surface area contributed by atoms with Gasteiger partial charge in [0.25, 0.3) is 0 Å². The maximum Gasteiger partial charge on any atom is -0.00599 e. The molecule has 0 unspecified atom stereocenters. The minimum absolute atomic E-state index is 0.984. The Labute approximate surface area is 38.2 Å². The van der Waals surface area contributed by atoms with E-state index in [1.165, 1.54) is 6.20 Å². The van der Waals surface area contributed by atoms with Gasteiger partial charge in [0.05, 0.1) is 0 Å². The highest BCUT2D eigenvalue weighted by atomic mass is 14.5. The Morgan fingerprint density at radius 2 is 2.33 bits per heavy atom. The van der Waals surface area contributed by atoms with E-state index in [0.717, 1.165) is 5.57 Å². The Morgan fingerprint density at radius 3 is 2.33 bits per heavy atom. The lowest BCUT2D eigenvalue weighted by Gasteiger charge is -1.76. The van der Waals surface area contributed by atoms with E-state index < -0.39 is 0 Å². The summed E-state index contributed by atoms with van der Waals surface area (Å²) in [7, 11) is 0. The van der Waals surface area contributed by atoms with E-state index in [-0.39, 0.29) is 0 Å². The van der Waals surface area contributed by atoms with E-state index in [4.69, 9.17) is 5.73 Å². The summed E-state index contributed by atoms with van der Waals surface area (Å²) in [6, 6.07) is 0. The first-order chi connectivity index (χ1) is 2.77. The molecule has 6 heavy (non-hydrogen) atoms. The molecule has 34 valence electrons. The zero-order chi connectivity index (χ0) is 4.99. The van der Waals surface area contributed by atoms with E-state index in [1.54, 1.807) is 6.08 Å². The lowest BCUT2D eigenvalue weighted by atomic mass is 10.3. The molecule has 0 aliphatic rings. The van der Waals surface area contributed by atoms with Gasteiger partial charge in [-0.15, -0.1) is 0 Å². The normalized spacial score (nSPS) is 9.50. The minimum atomic E-state index is 0.984. The van der Waals surface area contributed by atoms with Crippen LogP contribution < -0.4 is 5.73 Å². The van der Waals surface area contributed by atoms with Gasteiger partial charge in [0.2, 0.25) is 0 Å². The van der Waals surface area contributed by atoms with Crippen molar-refractivity contribution < 1.29 is 0 Å². The third kappa shape index (κ3) is 3.28. The second kappa shape index (κ2) is 2.51. The van der Waals surface area contributed by atoms with Crippen LogP contribution in [-0.4, -0.2) is 0 Å². The van der Waals surface area contributed by atoms with Gasteiger partial charge >= 0.3 is 0 Å². The van der Waals surface area contributed by atoms with E-state index in [9.17, 15) is 0 Å². The van der Waals surface area contributed by atoms with Crippen LogP contribution in [0.4, 0.5) is 0 Å². The van der Waals surface area contributed by atoms with Crippen molar-refractivity contribution in [3.63, 3.8) is 0 Å². The van der Waals surface area contributed by atoms with Gasteiger partial charge in [-0.25, -0.2) is 0 Å². The Kier molecular flexibility index (Phi) is 2.21. The number of hydrogen-bond donors (Lipinski definition) is 1. The van der Waals surface area contributed by atoms with Gasteiger partial charge in [-0.2, -0.15) is 0 Å². The van der Waals surface area contributed by atoms with Crippen molar-refractivity contribution in [2.75, 3.05) is 0 Å². The molecule has 1 nitrogen and oxygen atoms in total. The summed E-state index contributed by atoms with van der Waals surface area (Å²) in [6.45, 7) is 5.47. The first-order valence-electron chi connectivity index (χ1n) is 1.81. The van der Waals surface area contributed by atoms with Crippen molar-refractivity contribution in [1.29, 1.82) is 0 Å². The molecule has 0 aromatic heterocycles. The fourth-order valence-corrected chi connectivity index (χ4v) is 0.164. The van der Waals surface area contributed by atoms with E-state index in [2.05, 4.69) is 6.58 Å². The van der Waals surface area contributed by atoms with Crippen molar-refractivity contribution in [3.8, 4) is 0 Å². The van der Waals surface area contributed by atoms with Crippen molar-refractivity contribution in [1.82, 2.24) is 0 Å². The molecule has 0 aliphatic heterocycles. The summed E-state index contributed by atoms with van der Waals surface area (Å²) in [5.74, 6) is 0. The molecule has 0 aliphatic carbocycles. The molecule has 0 amide bonds. The molecular formula is C5H9N. The molecule has 0 saturated carbocycles. The maximum absolute atomic E-state index is 4.99. The monoisotopic (exact) mass is 83.1 g/mol. The molecule has 0 aromatic rings. The van der Waals surface area contributed by atoms with Gasteiger partial charge in [-0.3, -0.25) is 0 Å². The Balaban J connectivity index is 3.30. The average molecular weight is 83.1 g/mol.